The van der Waals surface area contributed by atoms with Crippen molar-refractivity contribution in [3.05, 3.63) is 29.8 Å². The first-order chi connectivity index (χ1) is 17.2. The monoisotopic (exact) mass is 492 g/mol. The maximum absolute atomic E-state index is 5.13. The Labute approximate surface area is 213 Å². The van der Waals surface area contributed by atoms with Gasteiger partial charge >= 0.3 is 0 Å². The standard InChI is InChI=1S/C28H40N6S/c1-20(2)21-12-14-22(15-13-21)25-26(29-23-8-6-7-9-23)34-27(30-25)35-28(31-34)33-18-16-32(17-19-33)24-10-4-3-5-11-24/h12-15,20,23-24,29H,3-11,16-19H2,1-2H3. The van der Waals surface area contributed by atoms with Crippen LogP contribution in [-0.2, 0) is 0 Å². The summed E-state index contributed by atoms with van der Waals surface area (Å²) in [4.78, 5) is 11.3. The van der Waals surface area contributed by atoms with E-state index in [1.54, 1.807) is 11.3 Å². The maximum atomic E-state index is 5.13. The van der Waals surface area contributed by atoms with Crippen LogP contribution in [0.3, 0.4) is 0 Å². The van der Waals surface area contributed by atoms with E-state index in [1.807, 2.05) is 0 Å². The average Bonchev–Trinajstić information content (AvgIpc) is 3.63. The number of nitrogens with zero attached hydrogens (tertiary/aromatic N) is 5. The van der Waals surface area contributed by atoms with Gasteiger partial charge in [-0.05, 0) is 37.2 Å². The Bertz CT molecular complexity index is 1110. The van der Waals surface area contributed by atoms with Crippen molar-refractivity contribution in [3.8, 4) is 11.3 Å². The second-order valence-corrected chi connectivity index (χ2v) is 12.0. The molecule has 35 heavy (non-hydrogen) atoms. The predicted molar refractivity (Wildman–Crippen MR) is 147 cm³/mol. The molecule has 0 atom stereocenters. The molecule has 0 unspecified atom stereocenters. The van der Waals surface area contributed by atoms with Crippen LogP contribution in [0.2, 0.25) is 0 Å². The number of nitrogens with one attached hydrogen (secondary N) is 1. The van der Waals surface area contributed by atoms with E-state index in [0.29, 0.717) is 12.0 Å². The number of hydrogen-bond acceptors (Lipinski definition) is 6. The highest BCUT2D eigenvalue weighted by Gasteiger charge is 2.28. The summed E-state index contributed by atoms with van der Waals surface area (Å²) >= 11 is 1.74. The molecule has 7 heteroatoms. The molecule has 3 aliphatic rings. The topological polar surface area (TPSA) is 48.7 Å². The number of anilines is 2. The van der Waals surface area contributed by atoms with Gasteiger partial charge in [0.2, 0.25) is 10.1 Å². The lowest BCUT2D eigenvalue weighted by molar-refractivity contribution is 0.148. The minimum absolute atomic E-state index is 0.521. The Morgan fingerprint density at radius 1 is 0.886 bits per heavy atom. The predicted octanol–water partition coefficient (Wildman–Crippen LogP) is 6.39. The summed E-state index contributed by atoms with van der Waals surface area (Å²) in [6.45, 7) is 8.95. The van der Waals surface area contributed by atoms with E-state index in [1.165, 1.54) is 68.9 Å². The van der Waals surface area contributed by atoms with Crippen LogP contribution in [0.1, 0.15) is 83.1 Å². The Morgan fingerprint density at radius 3 is 2.26 bits per heavy atom. The van der Waals surface area contributed by atoms with Crippen molar-refractivity contribution in [3.63, 3.8) is 0 Å². The van der Waals surface area contributed by atoms with Crippen LogP contribution in [0.4, 0.5) is 10.9 Å². The van der Waals surface area contributed by atoms with Crippen molar-refractivity contribution in [2.45, 2.75) is 89.6 Å². The van der Waals surface area contributed by atoms with Crippen LogP contribution in [0.5, 0.6) is 0 Å². The number of aromatic nitrogens is 3. The van der Waals surface area contributed by atoms with Gasteiger partial charge in [-0.3, -0.25) is 4.90 Å². The molecule has 3 heterocycles. The molecule has 2 saturated carbocycles. The van der Waals surface area contributed by atoms with Crippen LogP contribution in [-0.4, -0.2) is 57.8 Å². The zero-order valence-corrected chi connectivity index (χ0v) is 22.2. The third-order valence-electron chi connectivity index (χ3n) is 8.42. The van der Waals surface area contributed by atoms with E-state index >= 15 is 0 Å². The van der Waals surface area contributed by atoms with Crippen molar-refractivity contribution >= 4 is 27.2 Å². The zero-order valence-electron chi connectivity index (χ0n) is 21.4. The van der Waals surface area contributed by atoms with Crippen LogP contribution >= 0.6 is 11.3 Å². The molecule has 0 spiro atoms. The molecule has 2 aliphatic carbocycles. The summed E-state index contributed by atoms with van der Waals surface area (Å²) in [5.41, 5.74) is 3.59. The molecule has 6 nitrogen and oxygen atoms in total. The van der Waals surface area contributed by atoms with Gasteiger partial charge in [-0.15, -0.1) is 5.10 Å². The van der Waals surface area contributed by atoms with Crippen LogP contribution in [0.25, 0.3) is 16.2 Å². The highest BCUT2D eigenvalue weighted by molar-refractivity contribution is 7.20. The van der Waals surface area contributed by atoms with Gasteiger partial charge in [0.25, 0.3) is 0 Å². The van der Waals surface area contributed by atoms with E-state index in [2.05, 4.69) is 57.7 Å². The lowest BCUT2D eigenvalue weighted by Crippen LogP contribution is -2.50. The fourth-order valence-corrected chi connectivity index (χ4v) is 7.16. The molecule has 0 bridgehead atoms. The summed E-state index contributed by atoms with van der Waals surface area (Å²) < 4.78 is 2.09. The Morgan fingerprint density at radius 2 is 1.57 bits per heavy atom. The zero-order chi connectivity index (χ0) is 23.8. The third-order valence-corrected chi connectivity index (χ3v) is 9.38. The van der Waals surface area contributed by atoms with Gasteiger partial charge in [0, 0.05) is 43.8 Å². The number of hydrogen-bond donors (Lipinski definition) is 1. The fourth-order valence-electron chi connectivity index (χ4n) is 6.21. The smallest absolute Gasteiger partial charge is 0.216 e. The Hall–Kier alpha value is -2.12. The van der Waals surface area contributed by atoms with Crippen LogP contribution in [0, 0.1) is 0 Å². The van der Waals surface area contributed by atoms with Gasteiger partial charge in [0.15, 0.2) is 5.82 Å². The summed E-state index contributed by atoms with van der Waals surface area (Å²) in [6.07, 6.45) is 12.1. The van der Waals surface area contributed by atoms with E-state index < -0.39 is 0 Å². The molecule has 1 saturated heterocycles. The number of benzene rings is 1. The Balaban J connectivity index is 1.25. The maximum Gasteiger partial charge on any atom is 0.216 e. The van der Waals surface area contributed by atoms with Gasteiger partial charge in [-0.25, -0.2) is 4.98 Å². The second kappa shape index (κ2) is 10.1. The van der Waals surface area contributed by atoms with Gasteiger partial charge in [-0.1, -0.05) is 81.6 Å². The molecular weight excluding hydrogens is 452 g/mol. The van der Waals surface area contributed by atoms with E-state index in [4.69, 9.17) is 10.1 Å². The molecule has 6 rings (SSSR count). The molecule has 0 amide bonds. The first kappa shape index (κ1) is 23.3. The summed E-state index contributed by atoms with van der Waals surface area (Å²) in [5.74, 6) is 1.61. The SMILES string of the molecule is CC(C)c1ccc(-c2nc3sc(N4CCN(C5CCCCC5)CC4)nn3c2NC2CCCC2)cc1. The van der Waals surface area contributed by atoms with Gasteiger partial charge < -0.3 is 10.2 Å². The minimum atomic E-state index is 0.521. The number of rotatable bonds is 6. The molecular formula is C28H40N6S. The molecule has 2 aromatic heterocycles. The summed E-state index contributed by atoms with van der Waals surface area (Å²) in [7, 11) is 0. The first-order valence-electron chi connectivity index (χ1n) is 13.9. The molecule has 0 radical (unpaired) electrons. The molecule has 1 aliphatic heterocycles. The molecule has 1 aromatic carbocycles. The first-order valence-corrected chi connectivity index (χ1v) is 14.7. The van der Waals surface area contributed by atoms with E-state index in [-0.39, 0.29) is 0 Å². The molecule has 1 N–H and O–H groups in total. The Kier molecular flexibility index (Phi) is 6.72. The fraction of sp³-hybridized carbons (Fsp3) is 0.643. The molecule has 188 valence electrons. The number of fused-ring (bicyclic) bond motifs is 1. The average molecular weight is 493 g/mol. The highest BCUT2D eigenvalue weighted by Crippen LogP contribution is 2.36. The second-order valence-electron chi connectivity index (χ2n) is 11.1. The van der Waals surface area contributed by atoms with Crippen LogP contribution < -0.4 is 10.2 Å². The number of piperazine rings is 1. The lowest BCUT2D eigenvalue weighted by atomic mass is 9.94. The van der Waals surface area contributed by atoms with Crippen molar-refractivity contribution in [1.82, 2.24) is 19.5 Å². The van der Waals surface area contributed by atoms with Crippen molar-refractivity contribution < 1.29 is 0 Å². The molecule has 3 aromatic rings. The third kappa shape index (κ3) is 4.82. The van der Waals surface area contributed by atoms with Gasteiger partial charge in [-0.2, -0.15) is 4.52 Å². The largest absolute Gasteiger partial charge is 0.365 e. The van der Waals surface area contributed by atoms with Gasteiger partial charge in [0.05, 0.1) is 0 Å². The lowest BCUT2D eigenvalue weighted by Gasteiger charge is -2.40. The molecule has 3 fully saturated rings. The van der Waals surface area contributed by atoms with Crippen molar-refractivity contribution in [2.24, 2.45) is 0 Å². The number of imidazole rings is 1. The highest BCUT2D eigenvalue weighted by atomic mass is 32.1. The minimum Gasteiger partial charge on any atom is -0.365 e. The van der Waals surface area contributed by atoms with Gasteiger partial charge in [0.1, 0.15) is 5.69 Å². The van der Waals surface area contributed by atoms with E-state index in [0.717, 1.165) is 53.8 Å². The van der Waals surface area contributed by atoms with E-state index in [9.17, 15) is 0 Å². The van der Waals surface area contributed by atoms with Crippen molar-refractivity contribution in [2.75, 3.05) is 36.4 Å². The normalized spacial score (nSPS) is 20.9. The van der Waals surface area contributed by atoms with Crippen molar-refractivity contribution in [1.29, 1.82) is 0 Å². The quantitative estimate of drug-likeness (QED) is 0.432. The summed E-state index contributed by atoms with van der Waals surface area (Å²) in [6, 6.07) is 10.3. The summed E-state index contributed by atoms with van der Waals surface area (Å²) in [5, 5.41) is 10.1. The van der Waals surface area contributed by atoms with Crippen LogP contribution in [0.15, 0.2) is 24.3 Å².